The van der Waals surface area contributed by atoms with Crippen LogP contribution in [0.25, 0.3) is 0 Å². The number of furan rings is 1. The number of aliphatic imine (C=N–C) groups is 1. The van der Waals surface area contributed by atoms with Gasteiger partial charge in [0.15, 0.2) is 5.96 Å². The number of rotatable bonds is 9. The van der Waals surface area contributed by atoms with Crippen LogP contribution in [-0.2, 0) is 11.2 Å². The van der Waals surface area contributed by atoms with Crippen LogP contribution in [0.15, 0.2) is 52.1 Å². The lowest BCUT2D eigenvalue weighted by atomic mass is 10.1. The summed E-state index contributed by atoms with van der Waals surface area (Å²) in [5, 5.41) is 9.58. The Hall–Kier alpha value is -2.80. The number of piperidine rings is 1. The van der Waals surface area contributed by atoms with Gasteiger partial charge >= 0.3 is 0 Å². The van der Waals surface area contributed by atoms with Crippen molar-refractivity contribution in [3.63, 3.8) is 0 Å². The van der Waals surface area contributed by atoms with Crippen LogP contribution in [0.4, 0.5) is 5.69 Å². The maximum Gasteiger partial charge on any atom is 0.221 e. The third-order valence-electron chi connectivity index (χ3n) is 5.45. The number of nitrogens with zero attached hydrogens (tertiary/aromatic N) is 2. The Labute approximate surface area is 185 Å². The van der Waals surface area contributed by atoms with E-state index in [4.69, 9.17) is 9.41 Å². The van der Waals surface area contributed by atoms with Gasteiger partial charge in [0.25, 0.3) is 0 Å². The molecule has 31 heavy (non-hydrogen) atoms. The van der Waals surface area contributed by atoms with Crippen LogP contribution in [-0.4, -0.2) is 49.5 Å². The van der Waals surface area contributed by atoms with Gasteiger partial charge in [-0.25, -0.2) is 0 Å². The summed E-state index contributed by atoms with van der Waals surface area (Å²) < 4.78 is 5.74. The van der Waals surface area contributed by atoms with E-state index in [2.05, 4.69) is 33.8 Å². The Balaban J connectivity index is 1.56. The fraction of sp³-hybridized carbons (Fsp3) is 0.500. The van der Waals surface area contributed by atoms with Crippen molar-refractivity contribution in [2.24, 2.45) is 4.99 Å². The van der Waals surface area contributed by atoms with E-state index in [1.165, 1.54) is 31.7 Å². The second kappa shape index (κ2) is 12.2. The average Bonchev–Trinajstić information content (AvgIpc) is 3.30. The summed E-state index contributed by atoms with van der Waals surface area (Å²) in [5.41, 5.74) is 2.03. The monoisotopic (exact) mass is 425 g/mol. The van der Waals surface area contributed by atoms with Crippen molar-refractivity contribution in [1.82, 2.24) is 15.5 Å². The Morgan fingerprint density at radius 2 is 1.90 bits per heavy atom. The highest BCUT2D eigenvalue weighted by atomic mass is 16.3. The highest BCUT2D eigenvalue weighted by Gasteiger charge is 2.24. The molecule has 1 aromatic carbocycles. The molecule has 7 nitrogen and oxygen atoms in total. The molecular formula is C24H35N5O2. The van der Waals surface area contributed by atoms with Gasteiger partial charge in [-0.2, -0.15) is 0 Å². The van der Waals surface area contributed by atoms with E-state index in [0.29, 0.717) is 6.54 Å². The van der Waals surface area contributed by atoms with Crippen molar-refractivity contribution in [2.45, 2.75) is 45.6 Å². The number of nitrogens with one attached hydrogen (secondary N) is 3. The first-order chi connectivity index (χ1) is 15.2. The smallest absolute Gasteiger partial charge is 0.221 e. The molecule has 0 aliphatic carbocycles. The largest absolute Gasteiger partial charge is 0.468 e. The zero-order valence-corrected chi connectivity index (χ0v) is 18.7. The van der Waals surface area contributed by atoms with Crippen molar-refractivity contribution in [3.05, 3.63) is 54.0 Å². The normalized spacial score (nSPS) is 16.0. The fourth-order valence-electron chi connectivity index (χ4n) is 3.90. The van der Waals surface area contributed by atoms with E-state index in [1.807, 2.05) is 30.3 Å². The van der Waals surface area contributed by atoms with Crippen molar-refractivity contribution >= 4 is 17.6 Å². The predicted molar refractivity (Wildman–Crippen MR) is 125 cm³/mol. The molecular weight excluding hydrogens is 390 g/mol. The molecule has 1 atom stereocenters. The molecule has 2 heterocycles. The molecule has 3 N–H and O–H groups in total. The summed E-state index contributed by atoms with van der Waals surface area (Å²) in [4.78, 5) is 18.5. The molecule has 1 unspecified atom stereocenters. The first-order valence-electron chi connectivity index (χ1n) is 11.3. The number of hydrogen-bond donors (Lipinski definition) is 3. The number of guanidine groups is 1. The molecule has 1 saturated heterocycles. The Morgan fingerprint density at radius 3 is 2.55 bits per heavy atom. The van der Waals surface area contributed by atoms with Crippen molar-refractivity contribution in [1.29, 1.82) is 0 Å². The lowest BCUT2D eigenvalue weighted by Crippen LogP contribution is -2.40. The van der Waals surface area contributed by atoms with E-state index >= 15 is 0 Å². The molecule has 1 aliphatic heterocycles. The maximum atomic E-state index is 11.1. The first-order valence-corrected chi connectivity index (χ1v) is 11.3. The first kappa shape index (κ1) is 22.9. The minimum atomic E-state index is -0.0571. The Kier molecular flexibility index (Phi) is 8.97. The molecule has 0 saturated carbocycles. The van der Waals surface area contributed by atoms with Crippen LogP contribution < -0.4 is 16.0 Å². The number of likely N-dealkylation sites (tertiary alicyclic amines) is 1. The lowest BCUT2D eigenvalue weighted by molar-refractivity contribution is -0.114. The van der Waals surface area contributed by atoms with Gasteiger partial charge in [0, 0.05) is 25.7 Å². The SMILES string of the molecule is CCNC(=NCC(c1ccco1)N1CCCCC1)NCCc1ccc(NC(C)=O)cc1. The van der Waals surface area contributed by atoms with Gasteiger partial charge < -0.3 is 20.4 Å². The van der Waals surface area contributed by atoms with E-state index in [1.54, 1.807) is 6.26 Å². The number of anilines is 1. The zero-order valence-electron chi connectivity index (χ0n) is 18.7. The number of carbonyl (C=O) groups excluding carboxylic acids is 1. The highest BCUT2D eigenvalue weighted by Crippen LogP contribution is 2.25. The van der Waals surface area contributed by atoms with Crippen LogP contribution in [0.1, 0.15) is 50.5 Å². The van der Waals surface area contributed by atoms with Crippen LogP contribution >= 0.6 is 0 Å². The van der Waals surface area contributed by atoms with E-state index in [0.717, 1.165) is 50.0 Å². The minimum Gasteiger partial charge on any atom is -0.468 e. The van der Waals surface area contributed by atoms with Gasteiger partial charge in [0.1, 0.15) is 5.76 Å². The third kappa shape index (κ3) is 7.43. The van der Waals surface area contributed by atoms with E-state index < -0.39 is 0 Å². The predicted octanol–water partition coefficient (Wildman–Crippen LogP) is 3.56. The molecule has 168 valence electrons. The molecule has 0 radical (unpaired) electrons. The van der Waals surface area contributed by atoms with Gasteiger partial charge in [-0.05, 0) is 69.1 Å². The summed E-state index contributed by atoms with van der Waals surface area (Å²) in [5.74, 6) is 1.75. The molecule has 1 aliphatic rings. The Morgan fingerprint density at radius 1 is 1.13 bits per heavy atom. The molecule has 1 aromatic heterocycles. The second-order valence-electron chi connectivity index (χ2n) is 7.90. The van der Waals surface area contributed by atoms with Gasteiger partial charge in [-0.15, -0.1) is 0 Å². The third-order valence-corrected chi connectivity index (χ3v) is 5.45. The Bertz CT molecular complexity index is 811. The van der Waals surface area contributed by atoms with Crippen molar-refractivity contribution < 1.29 is 9.21 Å². The standard InChI is InChI=1S/C24H35N5O2/c1-3-25-24(26-14-13-20-9-11-21(12-10-20)28-19(2)30)27-18-22(23-8-7-17-31-23)29-15-5-4-6-16-29/h7-12,17,22H,3-6,13-16,18H2,1-2H3,(H,28,30)(H2,25,26,27). The fourth-order valence-corrected chi connectivity index (χ4v) is 3.90. The number of benzene rings is 1. The molecule has 3 rings (SSSR count). The van der Waals surface area contributed by atoms with E-state index in [9.17, 15) is 4.79 Å². The molecule has 1 fully saturated rings. The average molecular weight is 426 g/mol. The van der Waals surface area contributed by atoms with Gasteiger partial charge in [0.2, 0.25) is 5.91 Å². The van der Waals surface area contributed by atoms with Gasteiger partial charge in [-0.3, -0.25) is 14.7 Å². The number of hydrogen-bond acceptors (Lipinski definition) is 4. The van der Waals surface area contributed by atoms with Gasteiger partial charge in [-0.1, -0.05) is 18.6 Å². The summed E-state index contributed by atoms with van der Waals surface area (Å²) in [6.07, 6.45) is 6.40. The van der Waals surface area contributed by atoms with Crippen LogP contribution in [0, 0.1) is 0 Å². The zero-order chi connectivity index (χ0) is 21.9. The van der Waals surface area contributed by atoms with Crippen LogP contribution in [0.2, 0.25) is 0 Å². The van der Waals surface area contributed by atoms with Crippen molar-refractivity contribution in [2.75, 3.05) is 38.0 Å². The summed E-state index contributed by atoms with van der Waals surface area (Å²) in [6, 6.07) is 12.1. The van der Waals surface area contributed by atoms with Crippen LogP contribution in [0.3, 0.4) is 0 Å². The molecule has 1 amide bonds. The maximum absolute atomic E-state index is 11.1. The summed E-state index contributed by atoms with van der Waals surface area (Å²) >= 11 is 0. The molecule has 0 spiro atoms. The quantitative estimate of drug-likeness (QED) is 0.423. The number of amides is 1. The number of carbonyl (C=O) groups is 1. The summed E-state index contributed by atoms with van der Waals surface area (Å²) in [6.45, 7) is 8.04. The van der Waals surface area contributed by atoms with Crippen molar-refractivity contribution in [3.8, 4) is 0 Å². The summed E-state index contributed by atoms with van der Waals surface area (Å²) in [7, 11) is 0. The lowest BCUT2D eigenvalue weighted by Gasteiger charge is -2.32. The minimum absolute atomic E-state index is 0.0571. The molecule has 2 aromatic rings. The highest BCUT2D eigenvalue weighted by molar-refractivity contribution is 5.88. The van der Waals surface area contributed by atoms with Gasteiger partial charge in [0.05, 0.1) is 18.8 Å². The second-order valence-corrected chi connectivity index (χ2v) is 7.90. The molecule has 7 heteroatoms. The van der Waals surface area contributed by atoms with E-state index in [-0.39, 0.29) is 11.9 Å². The molecule has 0 bridgehead atoms. The topological polar surface area (TPSA) is 81.9 Å². The van der Waals surface area contributed by atoms with Crippen LogP contribution in [0.5, 0.6) is 0 Å².